The molecule has 0 amide bonds. The van der Waals surface area contributed by atoms with Gasteiger partial charge in [-0.05, 0) is 87.1 Å². The van der Waals surface area contributed by atoms with Crippen LogP contribution in [-0.2, 0) is 0 Å². The van der Waals surface area contributed by atoms with E-state index in [1.54, 1.807) is 0 Å². The minimum atomic E-state index is 0.670. The van der Waals surface area contributed by atoms with Crippen LogP contribution in [0.2, 0.25) is 10.0 Å². The Morgan fingerprint density at radius 2 is 1.75 bits per heavy atom. The highest BCUT2D eigenvalue weighted by Gasteiger charge is 2.43. The second kappa shape index (κ2) is 6.25. The molecule has 1 aromatic carbocycles. The summed E-state index contributed by atoms with van der Waals surface area (Å²) in [7, 11) is 2.05. The maximum absolute atomic E-state index is 6.24. The van der Waals surface area contributed by atoms with Gasteiger partial charge < -0.3 is 5.32 Å². The van der Waals surface area contributed by atoms with Crippen molar-refractivity contribution < 1.29 is 0 Å². The Bertz CT molecular complexity index is 466. The zero-order valence-corrected chi connectivity index (χ0v) is 13.6. The summed E-state index contributed by atoms with van der Waals surface area (Å²) in [5, 5.41) is 4.70. The second-order valence-corrected chi connectivity index (χ2v) is 7.24. The first-order valence-corrected chi connectivity index (χ1v) is 8.56. The lowest BCUT2D eigenvalue weighted by molar-refractivity contribution is 0.0627. The van der Waals surface area contributed by atoms with Gasteiger partial charge in [-0.25, -0.2) is 0 Å². The standard InChI is InChI=1S/C17H23Cl2N/c1-20-9-8-14-11-2-4-12(5-3-11)17(14)13-6-7-15(18)16(19)10-13/h6-7,10-12,14,17,20H,2-5,8-9H2,1H3/t11?,12?,14-,17-/m1/s1. The third-order valence-electron chi connectivity index (χ3n) is 5.45. The van der Waals surface area contributed by atoms with Crippen molar-refractivity contribution >= 4 is 23.2 Å². The minimum Gasteiger partial charge on any atom is -0.320 e. The first-order chi connectivity index (χ1) is 9.70. The minimum absolute atomic E-state index is 0.670. The van der Waals surface area contributed by atoms with E-state index in [2.05, 4.69) is 24.5 Å². The van der Waals surface area contributed by atoms with Crippen LogP contribution >= 0.6 is 23.2 Å². The molecule has 1 N–H and O–H groups in total. The van der Waals surface area contributed by atoms with E-state index < -0.39 is 0 Å². The van der Waals surface area contributed by atoms with Crippen LogP contribution in [0, 0.1) is 17.8 Å². The molecule has 3 aliphatic rings. The van der Waals surface area contributed by atoms with E-state index in [1.807, 2.05) is 6.07 Å². The maximum Gasteiger partial charge on any atom is 0.0595 e. The lowest BCUT2D eigenvalue weighted by Crippen LogP contribution is -2.39. The normalized spacial score (nSPS) is 32.5. The highest BCUT2D eigenvalue weighted by atomic mass is 35.5. The van der Waals surface area contributed by atoms with Gasteiger partial charge in [-0.1, -0.05) is 29.3 Å². The van der Waals surface area contributed by atoms with Gasteiger partial charge in [-0.15, -0.1) is 0 Å². The molecule has 3 heteroatoms. The molecule has 0 saturated heterocycles. The summed E-state index contributed by atoms with van der Waals surface area (Å²) in [6.07, 6.45) is 6.92. The lowest BCUT2D eigenvalue weighted by atomic mass is 9.56. The Hall–Kier alpha value is -0.240. The Morgan fingerprint density at radius 3 is 2.40 bits per heavy atom. The van der Waals surface area contributed by atoms with E-state index >= 15 is 0 Å². The Balaban J connectivity index is 1.89. The van der Waals surface area contributed by atoms with E-state index in [-0.39, 0.29) is 0 Å². The molecule has 0 spiro atoms. The summed E-state index contributed by atoms with van der Waals surface area (Å²) in [4.78, 5) is 0. The molecular weight excluding hydrogens is 289 g/mol. The van der Waals surface area contributed by atoms with Crippen LogP contribution in [0.4, 0.5) is 0 Å². The molecule has 0 unspecified atom stereocenters. The van der Waals surface area contributed by atoms with Gasteiger partial charge in [-0.2, -0.15) is 0 Å². The van der Waals surface area contributed by atoms with Crippen LogP contribution in [0.1, 0.15) is 43.6 Å². The fourth-order valence-electron chi connectivity index (χ4n) is 4.54. The van der Waals surface area contributed by atoms with Crippen molar-refractivity contribution in [2.75, 3.05) is 13.6 Å². The van der Waals surface area contributed by atoms with Crippen LogP contribution in [0.3, 0.4) is 0 Å². The molecular formula is C17H23Cl2N. The van der Waals surface area contributed by atoms with E-state index in [1.165, 1.54) is 37.7 Å². The predicted octanol–water partition coefficient (Wildman–Crippen LogP) is 5.12. The van der Waals surface area contributed by atoms with Crippen molar-refractivity contribution in [3.05, 3.63) is 33.8 Å². The summed E-state index contributed by atoms with van der Waals surface area (Å²) in [6, 6.07) is 6.28. The highest BCUT2D eigenvalue weighted by Crippen LogP contribution is 2.54. The summed E-state index contributed by atoms with van der Waals surface area (Å²) in [5.74, 6) is 3.25. The molecule has 0 heterocycles. The molecule has 1 aromatic rings. The first-order valence-electron chi connectivity index (χ1n) is 7.80. The smallest absolute Gasteiger partial charge is 0.0595 e. The molecule has 3 aliphatic carbocycles. The molecule has 2 atom stereocenters. The first kappa shape index (κ1) is 14.7. The van der Waals surface area contributed by atoms with E-state index in [0.29, 0.717) is 16.0 Å². The van der Waals surface area contributed by atoms with Gasteiger partial charge in [0, 0.05) is 0 Å². The number of halogens is 2. The molecule has 3 saturated carbocycles. The number of rotatable bonds is 4. The molecule has 0 aliphatic heterocycles. The van der Waals surface area contributed by atoms with E-state index in [4.69, 9.17) is 23.2 Å². The number of fused-ring (bicyclic) bond motifs is 3. The Labute approximate surface area is 132 Å². The molecule has 3 fully saturated rings. The number of benzene rings is 1. The highest BCUT2D eigenvalue weighted by molar-refractivity contribution is 6.42. The van der Waals surface area contributed by atoms with Gasteiger partial charge in [0.05, 0.1) is 10.0 Å². The van der Waals surface area contributed by atoms with E-state index in [0.717, 1.165) is 24.3 Å². The number of hydrogen-bond acceptors (Lipinski definition) is 1. The molecule has 20 heavy (non-hydrogen) atoms. The van der Waals surface area contributed by atoms with Crippen LogP contribution in [0.15, 0.2) is 18.2 Å². The topological polar surface area (TPSA) is 12.0 Å². The largest absolute Gasteiger partial charge is 0.320 e. The van der Waals surface area contributed by atoms with Gasteiger partial charge in [0.1, 0.15) is 0 Å². The third kappa shape index (κ3) is 2.73. The van der Waals surface area contributed by atoms with Crippen LogP contribution in [-0.4, -0.2) is 13.6 Å². The van der Waals surface area contributed by atoms with Gasteiger partial charge >= 0.3 is 0 Å². The summed E-state index contributed by atoms with van der Waals surface area (Å²) < 4.78 is 0. The van der Waals surface area contributed by atoms with Gasteiger partial charge in [0.2, 0.25) is 0 Å². The van der Waals surface area contributed by atoms with Crippen LogP contribution in [0.25, 0.3) is 0 Å². The van der Waals surface area contributed by atoms with Crippen molar-refractivity contribution in [2.45, 2.75) is 38.0 Å². The fraction of sp³-hybridized carbons (Fsp3) is 0.647. The molecule has 0 radical (unpaired) electrons. The molecule has 2 bridgehead atoms. The van der Waals surface area contributed by atoms with Gasteiger partial charge in [0.15, 0.2) is 0 Å². The molecule has 0 aromatic heterocycles. The van der Waals surface area contributed by atoms with Crippen molar-refractivity contribution in [1.82, 2.24) is 5.32 Å². The van der Waals surface area contributed by atoms with Gasteiger partial charge in [0.25, 0.3) is 0 Å². The SMILES string of the molecule is CNCC[C@@H]1C2CCC(CC2)[C@@H]1c1ccc(Cl)c(Cl)c1. The monoisotopic (exact) mass is 311 g/mol. The molecule has 4 rings (SSSR count). The van der Waals surface area contributed by atoms with Crippen molar-refractivity contribution in [2.24, 2.45) is 17.8 Å². The van der Waals surface area contributed by atoms with Crippen molar-refractivity contribution in [1.29, 1.82) is 0 Å². The average molecular weight is 312 g/mol. The van der Waals surface area contributed by atoms with Gasteiger partial charge in [-0.3, -0.25) is 0 Å². The van der Waals surface area contributed by atoms with Crippen molar-refractivity contribution in [3.8, 4) is 0 Å². The van der Waals surface area contributed by atoms with E-state index in [9.17, 15) is 0 Å². The van der Waals surface area contributed by atoms with Crippen molar-refractivity contribution in [3.63, 3.8) is 0 Å². The second-order valence-electron chi connectivity index (χ2n) is 6.43. The fourth-order valence-corrected chi connectivity index (χ4v) is 4.85. The number of nitrogens with one attached hydrogen (secondary N) is 1. The molecule has 110 valence electrons. The zero-order valence-electron chi connectivity index (χ0n) is 12.0. The lowest BCUT2D eigenvalue weighted by Gasteiger charge is -2.49. The quantitative estimate of drug-likeness (QED) is 0.813. The Kier molecular flexibility index (Phi) is 4.59. The maximum atomic E-state index is 6.24. The average Bonchev–Trinajstić information content (AvgIpc) is 2.48. The van der Waals surface area contributed by atoms with Crippen LogP contribution < -0.4 is 5.32 Å². The predicted molar refractivity (Wildman–Crippen MR) is 86.7 cm³/mol. The molecule has 1 nitrogen and oxygen atoms in total. The van der Waals surface area contributed by atoms with Crippen LogP contribution in [0.5, 0.6) is 0 Å². The summed E-state index contributed by atoms with van der Waals surface area (Å²) in [5.41, 5.74) is 1.41. The summed E-state index contributed by atoms with van der Waals surface area (Å²) in [6.45, 7) is 1.12. The summed E-state index contributed by atoms with van der Waals surface area (Å²) >= 11 is 12.3. The zero-order chi connectivity index (χ0) is 14.1. The number of hydrogen-bond donors (Lipinski definition) is 1. The Morgan fingerprint density at radius 1 is 1.05 bits per heavy atom. The third-order valence-corrected chi connectivity index (χ3v) is 6.19.